The van der Waals surface area contributed by atoms with Crippen LogP contribution in [-0.4, -0.2) is 18.5 Å². The highest BCUT2D eigenvalue weighted by atomic mass is 16.7. The lowest BCUT2D eigenvalue weighted by Gasteiger charge is -2.27. The second-order valence-electron chi connectivity index (χ2n) is 5.11. The molecule has 2 nitrogen and oxygen atoms in total. The fourth-order valence-corrected chi connectivity index (χ4v) is 1.60. The van der Waals surface area contributed by atoms with Gasteiger partial charge in [0.2, 0.25) is 0 Å². The van der Waals surface area contributed by atoms with Gasteiger partial charge in [0.25, 0.3) is 0 Å². The molecule has 0 spiro atoms. The SMILES string of the molecule is C#C[C@@](C)(CCC=C(C)C)O[C@@H](C)OCCCC. The van der Waals surface area contributed by atoms with Gasteiger partial charge in [0.05, 0.1) is 0 Å². The molecule has 0 heterocycles. The topological polar surface area (TPSA) is 18.5 Å². The van der Waals surface area contributed by atoms with Crippen molar-refractivity contribution < 1.29 is 9.47 Å². The van der Waals surface area contributed by atoms with Crippen molar-refractivity contribution in [1.29, 1.82) is 0 Å². The van der Waals surface area contributed by atoms with Crippen LogP contribution in [0.25, 0.3) is 0 Å². The number of ether oxygens (including phenoxy) is 2. The van der Waals surface area contributed by atoms with Crippen LogP contribution in [0.3, 0.4) is 0 Å². The summed E-state index contributed by atoms with van der Waals surface area (Å²) in [6.45, 7) is 10.9. The van der Waals surface area contributed by atoms with Gasteiger partial charge >= 0.3 is 0 Å². The molecule has 0 radical (unpaired) electrons. The molecular weight excluding hydrogens is 224 g/mol. The van der Waals surface area contributed by atoms with Crippen LogP contribution >= 0.6 is 0 Å². The molecule has 0 aromatic heterocycles. The van der Waals surface area contributed by atoms with Crippen LogP contribution in [-0.2, 0) is 9.47 Å². The molecule has 0 amide bonds. The van der Waals surface area contributed by atoms with Crippen LogP contribution in [0.4, 0.5) is 0 Å². The van der Waals surface area contributed by atoms with E-state index in [0.717, 1.165) is 32.3 Å². The first-order chi connectivity index (χ1) is 8.43. The van der Waals surface area contributed by atoms with E-state index >= 15 is 0 Å². The van der Waals surface area contributed by atoms with Gasteiger partial charge in [-0.1, -0.05) is 30.9 Å². The molecule has 0 rings (SSSR count). The minimum Gasteiger partial charge on any atom is -0.353 e. The standard InChI is InChI=1S/C16H28O2/c1-7-9-13-17-15(5)18-16(6,8-2)12-10-11-14(3)4/h2,11,15H,7,9-10,12-13H2,1,3-6H3/t15-,16-/m0/s1. The highest BCUT2D eigenvalue weighted by molar-refractivity contribution is 5.07. The Morgan fingerprint density at radius 1 is 1.44 bits per heavy atom. The summed E-state index contributed by atoms with van der Waals surface area (Å²) in [5.41, 5.74) is 0.763. The van der Waals surface area contributed by atoms with Crippen molar-refractivity contribution in [3.05, 3.63) is 11.6 Å². The van der Waals surface area contributed by atoms with E-state index in [1.165, 1.54) is 5.57 Å². The Morgan fingerprint density at radius 2 is 2.11 bits per heavy atom. The van der Waals surface area contributed by atoms with E-state index in [1.807, 2.05) is 13.8 Å². The number of hydrogen-bond acceptors (Lipinski definition) is 2. The van der Waals surface area contributed by atoms with Crippen LogP contribution in [0.2, 0.25) is 0 Å². The fraction of sp³-hybridized carbons (Fsp3) is 0.750. The number of hydrogen-bond donors (Lipinski definition) is 0. The molecule has 0 aromatic carbocycles. The van der Waals surface area contributed by atoms with Crippen LogP contribution in [0, 0.1) is 12.3 Å². The average Bonchev–Trinajstić information content (AvgIpc) is 2.28. The van der Waals surface area contributed by atoms with Gasteiger partial charge in [-0.2, -0.15) is 0 Å². The molecule has 0 fully saturated rings. The summed E-state index contributed by atoms with van der Waals surface area (Å²) in [4.78, 5) is 0. The maximum Gasteiger partial charge on any atom is 0.156 e. The summed E-state index contributed by atoms with van der Waals surface area (Å²) in [6.07, 6.45) is 11.4. The summed E-state index contributed by atoms with van der Waals surface area (Å²) in [6, 6.07) is 0. The zero-order valence-corrected chi connectivity index (χ0v) is 12.6. The smallest absolute Gasteiger partial charge is 0.156 e. The Bertz CT molecular complexity index is 284. The van der Waals surface area contributed by atoms with Gasteiger partial charge in [0.1, 0.15) is 5.60 Å². The Labute approximate surface area is 113 Å². The van der Waals surface area contributed by atoms with Gasteiger partial charge in [-0.05, 0) is 47.0 Å². The Balaban J connectivity index is 4.13. The Hall–Kier alpha value is -0.780. The Morgan fingerprint density at radius 3 is 2.61 bits per heavy atom. The van der Waals surface area contributed by atoms with Crippen molar-refractivity contribution in [1.82, 2.24) is 0 Å². The molecular formula is C16H28O2. The second kappa shape index (κ2) is 9.19. The number of rotatable bonds is 9. The summed E-state index contributed by atoms with van der Waals surface area (Å²) in [5, 5.41) is 0. The van der Waals surface area contributed by atoms with E-state index in [2.05, 4.69) is 32.8 Å². The lowest BCUT2D eigenvalue weighted by atomic mass is 10.00. The van der Waals surface area contributed by atoms with Crippen molar-refractivity contribution in [2.75, 3.05) is 6.61 Å². The third-order valence-electron chi connectivity index (χ3n) is 2.76. The van der Waals surface area contributed by atoms with Gasteiger partial charge < -0.3 is 9.47 Å². The number of allylic oxidation sites excluding steroid dienone is 2. The van der Waals surface area contributed by atoms with Crippen molar-refractivity contribution in [2.45, 2.75) is 72.2 Å². The summed E-state index contributed by atoms with van der Waals surface area (Å²) >= 11 is 0. The minimum absolute atomic E-state index is 0.246. The molecule has 0 N–H and O–H groups in total. The van der Waals surface area contributed by atoms with Gasteiger partial charge in [-0.25, -0.2) is 0 Å². The van der Waals surface area contributed by atoms with Crippen LogP contribution in [0.5, 0.6) is 0 Å². The lowest BCUT2D eigenvalue weighted by Crippen LogP contribution is -2.32. The largest absolute Gasteiger partial charge is 0.353 e. The van der Waals surface area contributed by atoms with E-state index in [0.29, 0.717) is 0 Å². The first-order valence-electron chi connectivity index (χ1n) is 6.84. The maximum atomic E-state index is 5.83. The molecule has 0 bridgehead atoms. The third kappa shape index (κ3) is 8.33. The Kier molecular flexibility index (Phi) is 8.79. The predicted molar refractivity (Wildman–Crippen MR) is 77.3 cm³/mol. The molecule has 0 aliphatic rings. The van der Waals surface area contributed by atoms with E-state index in [1.54, 1.807) is 0 Å². The maximum absolute atomic E-state index is 5.83. The highest BCUT2D eigenvalue weighted by Crippen LogP contribution is 2.20. The first-order valence-corrected chi connectivity index (χ1v) is 6.84. The van der Waals surface area contributed by atoms with Gasteiger partial charge in [-0.3, -0.25) is 0 Å². The minimum atomic E-state index is -0.544. The molecule has 0 aliphatic heterocycles. The molecule has 0 unspecified atom stereocenters. The van der Waals surface area contributed by atoms with E-state index in [4.69, 9.17) is 15.9 Å². The van der Waals surface area contributed by atoms with Crippen LogP contribution in [0.1, 0.15) is 60.3 Å². The van der Waals surface area contributed by atoms with Crippen molar-refractivity contribution in [2.24, 2.45) is 0 Å². The second-order valence-corrected chi connectivity index (χ2v) is 5.11. The average molecular weight is 252 g/mol. The molecule has 104 valence electrons. The van der Waals surface area contributed by atoms with Crippen LogP contribution < -0.4 is 0 Å². The first kappa shape index (κ1) is 17.2. The zero-order chi connectivity index (χ0) is 14.0. The van der Waals surface area contributed by atoms with E-state index in [-0.39, 0.29) is 6.29 Å². The van der Waals surface area contributed by atoms with Crippen LogP contribution in [0.15, 0.2) is 11.6 Å². The molecule has 18 heavy (non-hydrogen) atoms. The van der Waals surface area contributed by atoms with Gasteiger partial charge in [-0.15, -0.1) is 6.42 Å². The monoisotopic (exact) mass is 252 g/mol. The van der Waals surface area contributed by atoms with Crippen molar-refractivity contribution in [3.63, 3.8) is 0 Å². The lowest BCUT2D eigenvalue weighted by molar-refractivity contribution is -0.179. The quantitative estimate of drug-likeness (QED) is 0.263. The fourth-order valence-electron chi connectivity index (χ4n) is 1.60. The number of unbranched alkanes of at least 4 members (excludes halogenated alkanes) is 1. The highest BCUT2D eigenvalue weighted by Gasteiger charge is 2.24. The summed E-state index contributed by atoms with van der Waals surface area (Å²) in [5.74, 6) is 2.74. The molecule has 2 atom stereocenters. The van der Waals surface area contributed by atoms with Crippen molar-refractivity contribution >= 4 is 0 Å². The zero-order valence-electron chi connectivity index (χ0n) is 12.6. The van der Waals surface area contributed by atoms with Crippen molar-refractivity contribution in [3.8, 4) is 12.3 Å². The molecule has 0 saturated heterocycles. The molecule has 0 aromatic rings. The van der Waals surface area contributed by atoms with Gasteiger partial charge in [0.15, 0.2) is 6.29 Å². The molecule has 0 aliphatic carbocycles. The number of terminal acetylenes is 1. The molecule has 2 heteroatoms. The van der Waals surface area contributed by atoms with Gasteiger partial charge in [0, 0.05) is 6.61 Å². The predicted octanol–water partition coefficient (Wildman–Crippen LogP) is 4.30. The molecule has 0 saturated carbocycles. The summed E-state index contributed by atoms with van der Waals surface area (Å²) < 4.78 is 11.4. The third-order valence-corrected chi connectivity index (χ3v) is 2.76. The van der Waals surface area contributed by atoms with E-state index in [9.17, 15) is 0 Å². The normalized spacial score (nSPS) is 15.6. The van der Waals surface area contributed by atoms with E-state index < -0.39 is 5.60 Å². The summed E-state index contributed by atoms with van der Waals surface area (Å²) in [7, 11) is 0.